The van der Waals surface area contributed by atoms with Crippen molar-refractivity contribution in [3.05, 3.63) is 70.3 Å². The van der Waals surface area contributed by atoms with Gasteiger partial charge >= 0.3 is 5.69 Å². The fraction of sp³-hybridized carbons (Fsp3) is 0.350. The summed E-state index contributed by atoms with van der Waals surface area (Å²) in [6.07, 6.45) is -0.762. The Kier molecular flexibility index (Phi) is 6.03. The molecule has 0 radical (unpaired) electrons. The number of carbonyl (C=O) groups excluding carboxylic acids is 1. The number of nitro groups is 1. The van der Waals surface area contributed by atoms with Gasteiger partial charge in [0.05, 0.1) is 31.1 Å². The van der Waals surface area contributed by atoms with Gasteiger partial charge in [-0.05, 0) is 13.0 Å². The van der Waals surface area contributed by atoms with Crippen molar-refractivity contribution >= 4 is 11.6 Å². The van der Waals surface area contributed by atoms with Gasteiger partial charge in [-0.25, -0.2) is 0 Å². The lowest BCUT2D eigenvalue weighted by Crippen LogP contribution is -3.13. The molecule has 0 aromatic heterocycles. The van der Waals surface area contributed by atoms with Gasteiger partial charge in [0.1, 0.15) is 6.54 Å². The first kappa shape index (κ1) is 18.8. The van der Waals surface area contributed by atoms with Crippen LogP contribution in [0.25, 0.3) is 0 Å². The van der Waals surface area contributed by atoms with Gasteiger partial charge in [-0.3, -0.25) is 14.9 Å². The van der Waals surface area contributed by atoms with Crippen molar-refractivity contribution in [1.29, 1.82) is 0 Å². The van der Waals surface area contributed by atoms with Crippen LogP contribution in [0, 0.1) is 10.1 Å². The summed E-state index contributed by atoms with van der Waals surface area (Å²) in [4.78, 5) is 26.5. The number of amides is 1. The van der Waals surface area contributed by atoms with E-state index in [0.29, 0.717) is 13.1 Å². The van der Waals surface area contributed by atoms with Crippen molar-refractivity contribution < 1.29 is 19.4 Å². The Morgan fingerprint density at radius 1 is 1.15 bits per heavy atom. The lowest BCUT2D eigenvalue weighted by atomic mass is 10.2. The summed E-state index contributed by atoms with van der Waals surface area (Å²) < 4.78 is 5.60. The second-order valence-corrected chi connectivity index (χ2v) is 6.72. The van der Waals surface area contributed by atoms with Crippen LogP contribution in [-0.2, 0) is 11.3 Å². The van der Waals surface area contributed by atoms with Crippen LogP contribution in [0.5, 0.6) is 5.75 Å². The molecule has 0 spiro atoms. The monoisotopic (exact) mass is 370 g/mol. The molecule has 1 atom stereocenters. The van der Waals surface area contributed by atoms with E-state index in [1.165, 1.54) is 22.6 Å². The maximum absolute atomic E-state index is 12.7. The van der Waals surface area contributed by atoms with E-state index in [4.69, 9.17) is 4.74 Å². The number of rotatable bonds is 6. The van der Waals surface area contributed by atoms with Gasteiger partial charge in [-0.15, -0.1) is 0 Å². The number of hydrogen-bond acceptors (Lipinski definition) is 4. The Balaban J connectivity index is 1.54. The predicted molar refractivity (Wildman–Crippen MR) is 101 cm³/mol. The van der Waals surface area contributed by atoms with E-state index >= 15 is 0 Å². The van der Waals surface area contributed by atoms with Crippen molar-refractivity contribution in [3.8, 4) is 5.75 Å². The predicted octanol–water partition coefficient (Wildman–Crippen LogP) is 1.29. The van der Waals surface area contributed by atoms with E-state index in [2.05, 4.69) is 12.1 Å². The number of nitro benzene ring substituents is 1. The molecule has 1 aliphatic heterocycles. The molecule has 1 aliphatic rings. The Bertz CT molecular complexity index is 789. The number of ether oxygens (including phenoxy) is 1. The highest BCUT2D eigenvalue weighted by atomic mass is 16.6. The highest BCUT2D eigenvalue weighted by Crippen LogP contribution is 2.27. The fourth-order valence-electron chi connectivity index (χ4n) is 3.31. The molecule has 2 aromatic rings. The summed E-state index contributed by atoms with van der Waals surface area (Å²) in [5.41, 5.74) is 1.16. The minimum absolute atomic E-state index is 0.122. The first-order chi connectivity index (χ1) is 13.0. The summed E-state index contributed by atoms with van der Waals surface area (Å²) >= 11 is 0. The molecule has 0 saturated carbocycles. The van der Waals surface area contributed by atoms with Gasteiger partial charge in [0.2, 0.25) is 0 Å². The van der Waals surface area contributed by atoms with Gasteiger partial charge in [-0.2, -0.15) is 0 Å². The Labute approximate surface area is 158 Å². The first-order valence-electron chi connectivity index (χ1n) is 9.11. The van der Waals surface area contributed by atoms with Gasteiger partial charge in [0.15, 0.2) is 11.9 Å². The molecule has 1 heterocycles. The number of nitrogens with one attached hydrogen (secondary N) is 1. The highest BCUT2D eigenvalue weighted by Gasteiger charge is 2.29. The zero-order chi connectivity index (χ0) is 19.2. The van der Waals surface area contributed by atoms with Crippen molar-refractivity contribution in [3.63, 3.8) is 0 Å². The van der Waals surface area contributed by atoms with E-state index in [1.807, 2.05) is 18.2 Å². The highest BCUT2D eigenvalue weighted by molar-refractivity contribution is 5.81. The number of nitrogens with zero attached hydrogens (tertiary/aromatic N) is 2. The average molecular weight is 370 g/mol. The normalized spacial score (nSPS) is 16.0. The summed E-state index contributed by atoms with van der Waals surface area (Å²) in [6, 6.07) is 16.4. The minimum Gasteiger partial charge on any atom is -0.474 e. The Morgan fingerprint density at radius 3 is 2.44 bits per heavy atom. The topological polar surface area (TPSA) is 77.1 Å². The summed E-state index contributed by atoms with van der Waals surface area (Å²) in [6.45, 7) is 5.65. The van der Waals surface area contributed by atoms with Crippen LogP contribution in [0.1, 0.15) is 12.5 Å². The maximum atomic E-state index is 12.7. The molecular formula is C20H24N3O4+. The molecule has 0 unspecified atom stereocenters. The molecular weight excluding hydrogens is 346 g/mol. The largest absolute Gasteiger partial charge is 0.474 e. The van der Waals surface area contributed by atoms with Gasteiger partial charge in [0, 0.05) is 11.6 Å². The Morgan fingerprint density at radius 2 is 1.78 bits per heavy atom. The third kappa shape index (κ3) is 4.83. The minimum atomic E-state index is -0.762. The summed E-state index contributed by atoms with van der Waals surface area (Å²) in [7, 11) is 0. The lowest BCUT2D eigenvalue weighted by Gasteiger charge is -2.33. The summed E-state index contributed by atoms with van der Waals surface area (Å²) in [5, 5.41) is 11.1. The number of quaternary nitrogens is 1. The molecule has 7 heteroatoms. The van der Waals surface area contributed by atoms with Crippen molar-refractivity contribution in [2.75, 3.05) is 26.2 Å². The zero-order valence-electron chi connectivity index (χ0n) is 15.3. The quantitative estimate of drug-likeness (QED) is 0.614. The third-order valence-electron chi connectivity index (χ3n) is 4.79. The van der Waals surface area contributed by atoms with E-state index < -0.39 is 11.0 Å². The van der Waals surface area contributed by atoms with Crippen molar-refractivity contribution in [2.45, 2.75) is 19.6 Å². The standard InChI is InChI=1S/C20H23N3O4/c1-16(27-19-10-6-5-9-18(19)23(25)26)20(24)22-13-11-21(12-14-22)15-17-7-3-2-4-8-17/h2-10,16H,11-15H2,1H3/p+1/t16-/m0/s1. The van der Waals surface area contributed by atoms with Crippen LogP contribution in [0.4, 0.5) is 5.69 Å². The first-order valence-corrected chi connectivity index (χ1v) is 9.11. The lowest BCUT2D eigenvalue weighted by molar-refractivity contribution is -0.917. The molecule has 3 rings (SSSR count). The number of hydrogen-bond donors (Lipinski definition) is 1. The molecule has 7 nitrogen and oxygen atoms in total. The van der Waals surface area contributed by atoms with E-state index in [0.717, 1.165) is 19.6 Å². The molecule has 1 saturated heterocycles. The van der Waals surface area contributed by atoms with Crippen molar-refractivity contribution in [2.24, 2.45) is 0 Å². The van der Waals surface area contributed by atoms with Crippen LogP contribution < -0.4 is 9.64 Å². The molecule has 142 valence electrons. The number of para-hydroxylation sites is 2. The second kappa shape index (κ2) is 8.64. The maximum Gasteiger partial charge on any atom is 0.310 e. The third-order valence-corrected chi connectivity index (χ3v) is 4.79. The smallest absolute Gasteiger partial charge is 0.310 e. The van der Waals surface area contributed by atoms with Crippen molar-refractivity contribution in [1.82, 2.24) is 4.90 Å². The molecule has 2 aromatic carbocycles. The van der Waals surface area contributed by atoms with Crippen LogP contribution >= 0.6 is 0 Å². The molecule has 0 bridgehead atoms. The number of benzene rings is 2. The van der Waals surface area contributed by atoms with Gasteiger partial charge < -0.3 is 14.5 Å². The van der Waals surface area contributed by atoms with E-state index in [-0.39, 0.29) is 17.3 Å². The Hall–Kier alpha value is -2.93. The van der Waals surface area contributed by atoms with Crippen LogP contribution in [0.2, 0.25) is 0 Å². The fourth-order valence-corrected chi connectivity index (χ4v) is 3.31. The zero-order valence-corrected chi connectivity index (χ0v) is 15.3. The SMILES string of the molecule is C[C@H](Oc1ccccc1[N+](=O)[O-])C(=O)N1CC[NH+](Cc2ccccc2)CC1. The molecule has 0 aliphatic carbocycles. The number of carbonyl (C=O) groups is 1. The molecule has 27 heavy (non-hydrogen) atoms. The second-order valence-electron chi connectivity index (χ2n) is 6.72. The van der Waals surface area contributed by atoms with E-state index in [1.54, 1.807) is 24.0 Å². The van der Waals surface area contributed by atoms with Crippen LogP contribution in [0.15, 0.2) is 54.6 Å². The molecule has 1 amide bonds. The van der Waals surface area contributed by atoms with Gasteiger partial charge in [-0.1, -0.05) is 42.5 Å². The number of piperazine rings is 1. The average Bonchev–Trinajstić information content (AvgIpc) is 2.69. The van der Waals surface area contributed by atoms with E-state index in [9.17, 15) is 14.9 Å². The van der Waals surface area contributed by atoms with Gasteiger partial charge in [0.25, 0.3) is 5.91 Å². The molecule has 1 fully saturated rings. The van der Waals surface area contributed by atoms with Crippen LogP contribution in [-0.4, -0.2) is 48.0 Å². The summed E-state index contributed by atoms with van der Waals surface area (Å²) in [5.74, 6) is -0.0106. The van der Waals surface area contributed by atoms with Crippen LogP contribution in [0.3, 0.4) is 0 Å². The molecule has 1 N–H and O–H groups in total.